The van der Waals surface area contributed by atoms with E-state index in [-0.39, 0.29) is 11.5 Å². The van der Waals surface area contributed by atoms with Crippen molar-refractivity contribution in [2.45, 2.75) is 51.6 Å². The molecular formula is C12H21N3O4. The van der Waals surface area contributed by atoms with Gasteiger partial charge in [-0.1, -0.05) is 13.8 Å². The van der Waals surface area contributed by atoms with Crippen LogP contribution in [0, 0.1) is 5.41 Å². The van der Waals surface area contributed by atoms with Crippen molar-refractivity contribution in [3.05, 3.63) is 0 Å². The van der Waals surface area contributed by atoms with E-state index in [2.05, 4.69) is 24.5 Å². The van der Waals surface area contributed by atoms with Crippen molar-refractivity contribution in [2.75, 3.05) is 0 Å². The van der Waals surface area contributed by atoms with Gasteiger partial charge >= 0.3 is 12.0 Å². The van der Waals surface area contributed by atoms with Crippen LogP contribution in [0.5, 0.6) is 0 Å². The van der Waals surface area contributed by atoms with Gasteiger partial charge in [0, 0.05) is 6.04 Å². The molecule has 7 heteroatoms. The van der Waals surface area contributed by atoms with Crippen LogP contribution in [0.25, 0.3) is 0 Å². The highest BCUT2D eigenvalue weighted by Gasteiger charge is 2.32. The predicted octanol–water partition coefficient (Wildman–Crippen LogP) is 0.193. The number of carboxylic acids is 1. The van der Waals surface area contributed by atoms with Gasteiger partial charge in [-0.25, -0.2) is 9.59 Å². The summed E-state index contributed by atoms with van der Waals surface area (Å²) in [4.78, 5) is 33.2. The van der Waals surface area contributed by atoms with E-state index in [9.17, 15) is 14.4 Å². The Kier molecular flexibility index (Phi) is 4.74. The van der Waals surface area contributed by atoms with Gasteiger partial charge in [0.2, 0.25) is 5.91 Å². The Morgan fingerprint density at radius 3 is 2.47 bits per heavy atom. The molecule has 0 aromatic heterocycles. The van der Waals surface area contributed by atoms with Crippen LogP contribution >= 0.6 is 0 Å². The quantitative estimate of drug-likeness (QED) is 0.570. The summed E-state index contributed by atoms with van der Waals surface area (Å²) in [5.41, 5.74) is 5.12. The second-order valence-corrected chi connectivity index (χ2v) is 5.78. The fourth-order valence-electron chi connectivity index (χ4n) is 2.35. The van der Waals surface area contributed by atoms with Gasteiger partial charge in [-0.2, -0.15) is 0 Å². The minimum atomic E-state index is -1.29. The van der Waals surface area contributed by atoms with Crippen LogP contribution in [-0.2, 0) is 9.59 Å². The van der Waals surface area contributed by atoms with Crippen molar-refractivity contribution in [2.24, 2.45) is 11.1 Å². The Morgan fingerprint density at radius 2 is 2.05 bits per heavy atom. The number of nitrogens with two attached hydrogens (primary N) is 1. The fraction of sp³-hybridized carbons (Fsp3) is 0.750. The molecule has 0 spiro atoms. The minimum absolute atomic E-state index is 0.0398. The summed E-state index contributed by atoms with van der Waals surface area (Å²) < 4.78 is 0. The van der Waals surface area contributed by atoms with Gasteiger partial charge in [0.15, 0.2) is 0 Å². The Bertz CT molecular complexity index is 381. The summed E-state index contributed by atoms with van der Waals surface area (Å²) in [6.45, 7) is 4.25. The molecule has 19 heavy (non-hydrogen) atoms. The van der Waals surface area contributed by atoms with Crippen LogP contribution in [0.4, 0.5) is 4.79 Å². The van der Waals surface area contributed by atoms with Gasteiger partial charge in [-0.05, 0) is 24.7 Å². The number of carbonyl (C=O) groups is 3. The molecule has 0 radical (unpaired) electrons. The molecule has 1 aliphatic carbocycles. The van der Waals surface area contributed by atoms with Crippen LogP contribution in [0.15, 0.2) is 0 Å². The second-order valence-electron chi connectivity index (χ2n) is 5.78. The van der Waals surface area contributed by atoms with E-state index in [1.54, 1.807) is 0 Å². The summed E-state index contributed by atoms with van der Waals surface area (Å²) in [6.07, 6.45) is 2.32. The second kappa shape index (κ2) is 5.90. The molecule has 0 saturated heterocycles. The summed E-state index contributed by atoms with van der Waals surface area (Å²) in [5.74, 6) is -2.05. The lowest BCUT2D eigenvalue weighted by molar-refractivity contribution is -0.140. The molecule has 0 aromatic carbocycles. The van der Waals surface area contributed by atoms with Crippen LogP contribution in [0.2, 0.25) is 0 Å². The maximum atomic E-state index is 11.7. The van der Waals surface area contributed by atoms with E-state index >= 15 is 0 Å². The number of urea groups is 1. The fourth-order valence-corrected chi connectivity index (χ4v) is 2.35. The minimum Gasteiger partial charge on any atom is -0.480 e. The lowest BCUT2D eigenvalue weighted by atomic mass is 9.92. The number of primary amides is 1. The van der Waals surface area contributed by atoms with Gasteiger partial charge in [-0.15, -0.1) is 0 Å². The van der Waals surface area contributed by atoms with Crippen molar-refractivity contribution in [1.29, 1.82) is 0 Å². The number of amides is 3. The molecule has 2 unspecified atom stereocenters. The number of rotatable bonds is 5. The van der Waals surface area contributed by atoms with Crippen LogP contribution < -0.4 is 16.4 Å². The molecule has 3 amide bonds. The number of carbonyl (C=O) groups excluding carboxylic acids is 2. The predicted molar refractivity (Wildman–Crippen MR) is 68.3 cm³/mol. The Hall–Kier alpha value is -1.79. The lowest BCUT2D eigenvalue weighted by Gasteiger charge is -2.19. The smallest absolute Gasteiger partial charge is 0.326 e. The molecule has 0 aliphatic heterocycles. The summed E-state index contributed by atoms with van der Waals surface area (Å²) in [7, 11) is 0. The largest absolute Gasteiger partial charge is 0.480 e. The first-order chi connectivity index (χ1) is 8.69. The standard InChI is InChI=1S/C12H21N3O4/c1-12(2)4-3-7(6-12)14-11(19)15-8(10(17)18)5-9(13)16/h7-8H,3-6H2,1-2H3,(H2,13,16)(H,17,18)(H2,14,15,19). The third kappa shape index (κ3) is 5.15. The molecule has 0 bridgehead atoms. The SMILES string of the molecule is CC1(C)CCC(NC(=O)NC(CC(N)=O)C(=O)O)C1. The van der Waals surface area contributed by atoms with Gasteiger partial charge in [-0.3, -0.25) is 4.79 Å². The Labute approximate surface area is 111 Å². The first-order valence-electron chi connectivity index (χ1n) is 6.28. The van der Waals surface area contributed by atoms with Gasteiger partial charge in [0.05, 0.1) is 6.42 Å². The zero-order valence-corrected chi connectivity index (χ0v) is 11.2. The Balaban J connectivity index is 2.45. The average molecular weight is 271 g/mol. The highest BCUT2D eigenvalue weighted by atomic mass is 16.4. The van der Waals surface area contributed by atoms with Crippen LogP contribution in [-0.4, -0.2) is 35.1 Å². The molecule has 2 atom stereocenters. The monoisotopic (exact) mass is 271 g/mol. The molecule has 0 aromatic rings. The highest BCUT2D eigenvalue weighted by Crippen LogP contribution is 2.36. The zero-order chi connectivity index (χ0) is 14.6. The van der Waals surface area contributed by atoms with E-state index in [0.29, 0.717) is 0 Å². The first kappa shape index (κ1) is 15.3. The molecule has 1 saturated carbocycles. The summed E-state index contributed by atoms with van der Waals surface area (Å²) >= 11 is 0. The van der Waals surface area contributed by atoms with Crippen molar-refractivity contribution in [3.63, 3.8) is 0 Å². The van der Waals surface area contributed by atoms with Crippen LogP contribution in [0.1, 0.15) is 39.5 Å². The molecule has 5 N–H and O–H groups in total. The van der Waals surface area contributed by atoms with Crippen LogP contribution in [0.3, 0.4) is 0 Å². The number of hydrogen-bond donors (Lipinski definition) is 4. The summed E-state index contributed by atoms with van der Waals surface area (Å²) in [6, 6.07) is -1.82. The topological polar surface area (TPSA) is 122 Å². The van der Waals surface area contributed by atoms with E-state index in [1.807, 2.05) is 0 Å². The first-order valence-corrected chi connectivity index (χ1v) is 6.28. The molecule has 1 rings (SSSR count). The molecule has 1 aliphatic rings. The van der Waals surface area contributed by atoms with Gasteiger partial charge < -0.3 is 21.5 Å². The highest BCUT2D eigenvalue weighted by molar-refractivity contribution is 5.87. The van der Waals surface area contributed by atoms with Gasteiger partial charge in [0.25, 0.3) is 0 Å². The normalized spacial score (nSPS) is 22.5. The lowest BCUT2D eigenvalue weighted by Crippen LogP contribution is -2.49. The average Bonchev–Trinajstić information content (AvgIpc) is 2.56. The van der Waals surface area contributed by atoms with Crippen molar-refractivity contribution in [3.8, 4) is 0 Å². The van der Waals surface area contributed by atoms with Crippen molar-refractivity contribution in [1.82, 2.24) is 10.6 Å². The van der Waals surface area contributed by atoms with E-state index in [0.717, 1.165) is 19.3 Å². The number of carboxylic acid groups (broad SMARTS) is 1. The van der Waals surface area contributed by atoms with Crippen molar-refractivity contribution < 1.29 is 19.5 Å². The van der Waals surface area contributed by atoms with E-state index in [4.69, 9.17) is 10.8 Å². The van der Waals surface area contributed by atoms with E-state index < -0.39 is 30.4 Å². The third-order valence-electron chi connectivity index (χ3n) is 3.31. The maximum Gasteiger partial charge on any atom is 0.326 e. The number of nitrogens with one attached hydrogen (secondary N) is 2. The third-order valence-corrected chi connectivity index (χ3v) is 3.31. The molecule has 0 heterocycles. The number of aliphatic carboxylic acids is 1. The maximum absolute atomic E-state index is 11.7. The Morgan fingerprint density at radius 1 is 1.42 bits per heavy atom. The summed E-state index contributed by atoms with van der Waals surface area (Å²) in [5, 5.41) is 13.8. The van der Waals surface area contributed by atoms with E-state index in [1.165, 1.54) is 0 Å². The molecule has 7 nitrogen and oxygen atoms in total. The molecular weight excluding hydrogens is 250 g/mol. The van der Waals surface area contributed by atoms with Crippen molar-refractivity contribution >= 4 is 17.9 Å². The molecule has 108 valence electrons. The van der Waals surface area contributed by atoms with Gasteiger partial charge in [0.1, 0.15) is 6.04 Å². The zero-order valence-electron chi connectivity index (χ0n) is 11.2. The number of hydrogen-bond acceptors (Lipinski definition) is 3. The molecule has 1 fully saturated rings.